The molecule has 0 fully saturated rings. The van der Waals surface area contributed by atoms with Gasteiger partial charge >= 0.3 is 5.97 Å². The second-order valence-electron chi connectivity index (χ2n) is 5.35. The van der Waals surface area contributed by atoms with Gasteiger partial charge in [-0.25, -0.2) is 4.79 Å². The number of hydrogen-bond acceptors (Lipinski definition) is 5. The molecule has 0 radical (unpaired) electrons. The van der Waals surface area contributed by atoms with Crippen molar-refractivity contribution in [2.24, 2.45) is 0 Å². The van der Waals surface area contributed by atoms with E-state index in [1.165, 1.54) is 23.8 Å². The van der Waals surface area contributed by atoms with E-state index in [0.29, 0.717) is 24.5 Å². The van der Waals surface area contributed by atoms with Crippen LogP contribution in [0.4, 0.5) is 0 Å². The first kappa shape index (κ1) is 15.6. The van der Waals surface area contributed by atoms with Gasteiger partial charge < -0.3 is 4.74 Å². The molecule has 6 heteroatoms. The lowest BCUT2D eigenvalue weighted by Gasteiger charge is -2.33. The van der Waals surface area contributed by atoms with E-state index in [2.05, 4.69) is 0 Å². The number of halogens is 1. The van der Waals surface area contributed by atoms with E-state index < -0.39 is 6.04 Å². The zero-order chi connectivity index (χ0) is 15.7. The number of esters is 1. The molecule has 1 atom stereocenters. The van der Waals surface area contributed by atoms with Crippen molar-refractivity contribution in [3.05, 3.63) is 45.3 Å². The van der Waals surface area contributed by atoms with Gasteiger partial charge in [0.25, 0.3) is 0 Å². The SMILES string of the molecule is COC(=O)C(c1ccccc1Cl)N1CCC2=C(CC(=O)S2)C1. The third-order valence-corrected chi connectivity index (χ3v) is 5.45. The van der Waals surface area contributed by atoms with E-state index in [9.17, 15) is 9.59 Å². The fourth-order valence-corrected chi connectivity index (χ4v) is 4.20. The molecule has 1 aromatic rings. The van der Waals surface area contributed by atoms with Gasteiger partial charge in [0.05, 0.1) is 7.11 Å². The van der Waals surface area contributed by atoms with Crippen molar-refractivity contribution in [2.75, 3.05) is 20.2 Å². The van der Waals surface area contributed by atoms with E-state index >= 15 is 0 Å². The third kappa shape index (κ3) is 2.93. The first-order valence-electron chi connectivity index (χ1n) is 7.08. The van der Waals surface area contributed by atoms with Gasteiger partial charge in [0.1, 0.15) is 6.04 Å². The minimum absolute atomic E-state index is 0.194. The van der Waals surface area contributed by atoms with E-state index in [1.807, 2.05) is 23.1 Å². The van der Waals surface area contributed by atoms with Gasteiger partial charge in [0, 0.05) is 24.5 Å². The summed E-state index contributed by atoms with van der Waals surface area (Å²) in [6, 6.07) is 6.79. The lowest BCUT2D eigenvalue weighted by atomic mass is 10.0. The molecule has 0 N–H and O–H groups in total. The lowest BCUT2D eigenvalue weighted by molar-refractivity contribution is -0.147. The number of nitrogens with zero attached hydrogens (tertiary/aromatic N) is 1. The maximum Gasteiger partial charge on any atom is 0.327 e. The van der Waals surface area contributed by atoms with Crippen LogP contribution in [0.25, 0.3) is 0 Å². The predicted octanol–water partition coefficient (Wildman–Crippen LogP) is 3.18. The molecule has 0 spiro atoms. The molecular formula is C16H16ClNO3S. The predicted molar refractivity (Wildman–Crippen MR) is 86.6 cm³/mol. The number of thioether (sulfide) groups is 1. The van der Waals surface area contributed by atoms with Crippen LogP contribution in [0.3, 0.4) is 0 Å². The fourth-order valence-electron chi connectivity index (χ4n) is 2.96. The average Bonchev–Trinajstić information content (AvgIpc) is 2.88. The highest BCUT2D eigenvalue weighted by Gasteiger charge is 2.35. The molecule has 3 rings (SSSR count). The highest BCUT2D eigenvalue weighted by molar-refractivity contribution is 8.17. The summed E-state index contributed by atoms with van der Waals surface area (Å²) in [5, 5.41) is 0.744. The maximum atomic E-state index is 12.3. The molecule has 0 saturated heterocycles. The summed E-state index contributed by atoms with van der Waals surface area (Å²) in [5.74, 6) is -0.325. The van der Waals surface area contributed by atoms with E-state index in [-0.39, 0.29) is 11.1 Å². The number of benzene rings is 1. The molecule has 0 aromatic heterocycles. The van der Waals surface area contributed by atoms with Gasteiger partial charge in [-0.15, -0.1) is 0 Å². The van der Waals surface area contributed by atoms with Crippen LogP contribution in [0.2, 0.25) is 5.02 Å². The summed E-state index contributed by atoms with van der Waals surface area (Å²) >= 11 is 7.62. The molecule has 116 valence electrons. The minimum atomic E-state index is -0.534. The van der Waals surface area contributed by atoms with Crippen molar-refractivity contribution in [1.29, 1.82) is 0 Å². The summed E-state index contributed by atoms with van der Waals surface area (Å²) in [5.41, 5.74) is 1.87. The monoisotopic (exact) mass is 337 g/mol. The van der Waals surface area contributed by atoms with Gasteiger partial charge in [-0.2, -0.15) is 0 Å². The van der Waals surface area contributed by atoms with Crippen molar-refractivity contribution in [3.63, 3.8) is 0 Å². The third-order valence-electron chi connectivity index (χ3n) is 4.00. The zero-order valence-corrected chi connectivity index (χ0v) is 13.7. The Morgan fingerprint density at radius 1 is 1.41 bits per heavy atom. The Labute approximate surface area is 138 Å². The van der Waals surface area contributed by atoms with Crippen LogP contribution < -0.4 is 0 Å². The van der Waals surface area contributed by atoms with Crippen molar-refractivity contribution in [1.82, 2.24) is 4.90 Å². The smallest absolute Gasteiger partial charge is 0.327 e. The van der Waals surface area contributed by atoms with Crippen LogP contribution in [0.5, 0.6) is 0 Å². The summed E-state index contributed by atoms with van der Waals surface area (Å²) in [4.78, 5) is 27.1. The summed E-state index contributed by atoms with van der Waals surface area (Å²) in [6.45, 7) is 1.32. The van der Waals surface area contributed by atoms with E-state index in [4.69, 9.17) is 16.3 Å². The van der Waals surface area contributed by atoms with Gasteiger partial charge in [0.15, 0.2) is 5.12 Å². The molecule has 2 aliphatic rings. The Balaban J connectivity index is 1.90. The number of hydrogen-bond donors (Lipinski definition) is 0. The number of methoxy groups -OCH3 is 1. The van der Waals surface area contributed by atoms with E-state index in [1.54, 1.807) is 6.07 Å². The number of rotatable bonds is 3. The first-order chi connectivity index (χ1) is 10.6. The fraction of sp³-hybridized carbons (Fsp3) is 0.375. The summed E-state index contributed by atoms with van der Waals surface area (Å²) in [6.07, 6.45) is 1.27. The Kier molecular flexibility index (Phi) is 4.57. The molecule has 0 saturated carbocycles. The first-order valence-corrected chi connectivity index (χ1v) is 8.27. The Hall–Kier alpha value is -1.30. The number of ether oxygens (including phenoxy) is 1. The molecule has 2 heterocycles. The molecule has 0 aliphatic carbocycles. The second kappa shape index (κ2) is 6.44. The maximum absolute atomic E-state index is 12.3. The largest absolute Gasteiger partial charge is 0.468 e. The van der Waals surface area contributed by atoms with Crippen molar-refractivity contribution < 1.29 is 14.3 Å². The molecular weight excluding hydrogens is 322 g/mol. The molecule has 1 aromatic carbocycles. The highest BCUT2D eigenvalue weighted by atomic mass is 35.5. The number of carbonyl (C=O) groups is 2. The molecule has 0 amide bonds. The highest BCUT2D eigenvalue weighted by Crippen LogP contribution is 2.41. The quantitative estimate of drug-likeness (QED) is 0.793. The standard InChI is InChI=1S/C16H16ClNO3S/c1-21-16(20)15(11-4-2-3-5-12(11)17)18-7-6-13-10(9-18)8-14(19)22-13/h2-5,15H,6-9H2,1H3. The molecule has 1 unspecified atom stereocenters. The molecule has 2 aliphatic heterocycles. The Bertz CT molecular complexity index is 659. The summed E-state index contributed by atoms with van der Waals surface area (Å²) < 4.78 is 4.98. The zero-order valence-electron chi connectivity index (χ0n) is 12.2. The van der Waals surface area contributed by atoms with Crippen LogP contribution in [0.15, 0.2) is 34.7 Å². The minimum Gasteiger partial charge on any atom is -0.468 e. The van der Waals surface area contributed by atoms with Gasteiger partial charge in [-0.1, -0.05) is 41.6 Å². The van der Waals surface area contributed by atoms with Crippen LogP contribution >= 0.6 is 23.4 Å². The topological polar surface area (TPSA) is 46.6 Å². The lowest BCUT2D eigenvalue weighted by Crippen LogP contribution is -2.39. The van der Waals surface area contributed by atoms with Crippen LogP contribution in [-0.4, -0.2) is 36.2 Å². The molecule has 0 bridgehead atoms. The summed E-state index contributed by atoms with van der Waals surface area (Å²) in [7, 11) is 1.38. The van der Waals surface area contributed by atoms with Crippen LogP contribution in [0.1, 0.15) is 24.4 Å². The second-order valence-corrected chi connectivity index (χ2v) is 6.90. The van der Waals surface area contributed by atoms with Crippen LogP contribution in [0, 0.1) is 0 Å². The molecule has 22 heavy (non-hydrogen) atoms. The van der Waals surface area contributed by atoms with Gasteiger partial charge in [-0.05, 0) is 28.5 Å². The van der Waals surface area contributed by atoms with Gasteiger partial charge in [0.2, 0.25) is 0 Å². The average molecular weight is 338 g/mol. The van der Waals surface area contributed by atoms with Crippen LogP contribution in [-0.2, 0) is 14.3 Å². The normalized spacial score (nSPS) is 20.0. The van der Waals surface area contributed by atoms with Crippen molar-refractivity contribution in [3.8, 4) is 0 Å². The van der Waals surface area contributed by atoms with Gasteiger partial charge in [-0.3, -0.25) is 9.69 Å². The van der Waals surface area contributed by atoms with Crippen molar-refractivity contribution >= 4 is 34.4 Å². The van der Waals surface area contributed by atoms with Crippen molar-refractivity contribution in [2.45, 2.75) is 18.9 Å². The Morgan fingerprint density at radius 2 is 2.18 bits per heavy atom. The van der Waals surface area contributed by atoms with E-state index in [0.717, 1.165) is 17.6 Å². The Morgan fingerprint density at radius 3 is 2.91 bits per heavy atom. The number of carbonyl (C=O) groups excluding carboxylic acids is 2. The molecule has 4 nitrogen and oxygen atoms in total.